The van der Waals surface area contributed by atoms with Crippen LogP contribution in [0.4, 0.5) is 5.82 Å². The molecule has 1 amide bonds. The second kappa shape index (κ2) is 12.6. The summed E-state index contributed by atoms with van der Waals surface area (Å²) < 4.78 is 13.3. The second-order valence-electron chi connectivity index (χ2n) is 12.9. The van der Waals surface area contributed by atoms with Crippen LogP contribution in [0.25, 0.3) is 22.2 Å². The first-order chi connectivity index (χ1) is 22.4. The van der Waals surface area contributed by atoms with E-state index < -0.39 is 0 Å². The van der Waals surface area contributed by atoms with Gasteiger partial charge in [-0.1, -0.05) is 31.2 Å². The molecule has 0 radical (unpaired) electrons. The number of fused-ring (bicyclic) bond motifs is 1. The number of likely N-dealkylation sites (tertiary alicyclic amines) is 2. The van der Waals surface area contributed by atoms with E-state index in [1.165, 1.54) is 0 Å². The Morgan fingerprint density at radius 3 is 2.48 bits per heavy atom. The molecule has 2 aromatic carbocycles. The molecule has 3 aliphatic rings. The lowest BCUT2D eigenvalue weighted by molar-refractivity contribution is -0.128. The number of para-hydroxylation sites is 1. The third-order valence-electron chi connectivity index (χ3n) is 9.71. The molecular formula is C36H39N7O3. The molecule has 4 aromatic rings. The SMILES string of the molecule is CC1(C=C(C#N)C(=O)N2CCCC(n3nc(-c4ccc(Oc5ccccc5)cc4)c4c(N)nccc43)C2)CCN(C2COC2)CC1. The molecule has 46 heavy (non-hydrogen) atoms. The second-order valence-corrected chi connectivity index (χ2v) is 12.9. The minimum atomic E-state index is -0.199. The third-order valence-corrected chi connectivity index (χ3v) is 9.71. The van der Waals surface area contributed by atoms with Gasteiger partial charge < -0.3 is 20.1 Å². The number of ether oxygens (including phenoxy) is 2. The number of rotatable bonds is 7. The maximum atomic E-state index is 13.8. The maximum Gasteiger partial charge on any atom is 0.264 e. The number of nitrogens with zero attached hydrogens (tertiary/aromatic N) is 6. The van der Waals surface area contributed by atoms with Crippen LogP contribution in [-0.2, 0) is 9.53 Å². The fraction of sp³-hybridized carbons (Fsp3) is 0.389. The van der Waals surface area contributed by atoms with Crippen LogP contribution in [0.5, 0.6) is 11.5 Å². The number of piperidine rings is 2. The van der Waals surface area contributed by atoms with Gasteiger partial charge in [0, 0.05) is 24.8 Å². The number of carbonyl (C=O) groups excluding carboxylic acids is 1. The van der Waals surface area contributed by atoms with E-state index in [4.69, 9.17) is 20.3 Å². The molecule has 2 aromatic heterocycles. The molecule has 3 aliphatic heterocycles. The van der Waals surface area contributed by atoms with Gasteiger partial charge in [-0.25, -0.2) is 4.98 Å². The van der Waals surface area contributed by atoms with Crippen molar-refractivity contribution in [2.24, 2.45) is 5.41 Å². The summed E-state index contributed by atoms with van der Waals surface area (Å²) in [5, 5.41) is 16.0. The Balaban J connectivity index is 1.11. The van der Waals surface area contributed by atoms with Crippen molar-refractivity contribution in [3.05, 3.63) is 78.5 Å². The fourth-order valence-corrected chi connectivity index (χ4v) is 6.88. The Bertz CT molecular complexity index is 1780. The molecule has 3 saturated heterocycles. The van der Waals surface area contributed by atoms with E-state index in [0.717, 1.165) is 85.6 Å². The zero-order valence-electron chi connectivity index (χ0n) is 26.1. The molecule has 2 N–H and O–H groups in total. The number of anilines is 1. The van der Waals surface area contributed by atoms with Gasteiger partial charge in [-0.2, -0.15) is 10.4 Å². The van der Waals surface area contributed by atoms with Crippen LogP contribution in [-0.4, -0.2) is 75.9 Å². The number of hydrogen-bond acceptors (Lipinski definition) is 8. The largest absolute Gasteiger partial charge is 0.457 e. The van der Waals surface area contributed by atoms with Crippen molar-refractivity contribution in [2.45, 2.75) is 44.7 Å². The monoisotopic (exact) mass is 617 g/mol. The number of aromatic nitrogens is 3. The Morgan fingerprint density at radius 2 is 1.78 bits per heavy atom. The van der Waals surface area contributed by atoms with Gasteiger partial charge in [-0.05, 0) is 86.7 Å². The predicted molar refractivity (Wildman–Crippen MR) is 176 cm³/mol. The van der Waals surface area contributed by atoms with E-state index in [2.05, 4.69) is 22.9 Å². The highest BCUT2D eigenvalue weighted by Crippen LogP contribution is 2.37. The normalized spacial score (nSPS) is 20.7. The van der Waals surface area contributed by atoms with E-state index in [9.17, 15) is 10.1 Å². The van der Waals surface area contributed by atoms with Crippen LogP contribution < -0.4 is 10.5 Å². The standard InChI is InChI=1S/C36H39N7O3/c1-36(14-18-41(19-15-36)28-23-45-24-28)20-26(21-37)35(44)42-17-5-6-27(22-42)43-31-13-16-39-34(38)32(31)33(40-43)25-9-11-30(12-10-25)46-29-7-3-2-4-8-29/h2-4,7-13,16,20,27-28H,5-6,14-15,17-19,22-24H2,1H3,(H2,38,39). The first kappa shape index (κ1) is 30.0. The van der Waals surface area contributed by atoms with Crippen LogP contribution in [0.1, 0.15) is 38.6 Å². The molecule has 1 atom stereocenters. The lowest BCUT2D eigenvalue weighted by Crippen LogP contribution is -2.53. The molecule has 0 saturated carbocycles. The number of hydrogen-bond donors (Lipinski definition) is 1. The summed E-state index contributed by atoms with van der Waals surface area (Å²) in [4.78, 5) is 22.5. The van der Waals surface area contributed by atoms with Crippen molar-refractivity contribution >= 4 is 22.6 Å². The summed E-state index contributed by atoms with van der Waals surface area (Å²) in [5.74, 6) is 1.70. The summed E-state index contributed by atoms with van der Waals surface area (Å²) in [5.41, 5.74) is 8.99. The Labute approximate surface area is 269 Å². The first-order valence-corrected chi connectivity index (χ1v) is 16.1. The van der Waals surface area contributed by atoms with Crippen LogP contribution in [0, 0.1) is 16.7 Å². The number of carbonyl (C=O) groups is 1. The van der Waals surface area contributed by atoms with Crippen molar-refractivity contribution in [1.82, 2.24) is 24.6 Å². The van der Waals surface area contributed by atoms with Crippen molar-refractivity contribution in [3.63, 3.8) is 0 Å². The van der Waals surface area contributed by atoms with E-state index in [-0.39, 0.29) is 22.9 Å². The van der Waals surface area contributed by atoms with E-state index >= 15 is 0 Å². The number of nitrogens with two attached hydrogens (primary N) is 1. The molecule has 1 unspecified atom stereocenters. The highest BCUT2D eigenvalue weighted by molar-refractivity contribution is 6.00. The van der Waals surface area contributed by atoms with Gasteiger partial charge >= 0.3 is 0 Å². The molecule has 10 heteroatoms. The van der Waals surface area contributed by atoms with Gasteiger partial charge in [0.25, 0.3) is 5.91 Å². The van der Waals surface area contributed by atoms with Crippen LogP contribution in [0.2, 0.25) is 0 Å². The Morgan fingerprint density at radius 1 is 1.04 bits per heavy atom. The fourth-order valence-electron chi connectivity index (χ4n) is 6.88. The van der Waals surface area contributed by atoms with E-state index in [1.54, 1.807) is 6.20 Å². The van der Waals surface area contributed by atoms with Gasteiger partial charge in [-0.15, -0.1) is 0 Å². The number of amides is 1. The minimum absolute atomic E-state index is 0.0695. The topological polar surface area (TPSA) is 123 Å². The zero-order chi connectivity index (χ0) is 31.7. The zero-order valence-corrected chi connectivity index (χ0v) is 26.1. The van der Waals surface area contributed by atoms with Gasteiger partial charge in [0.05, 0.1) is 36.2 Å². The lowest BCUT2D eigenvalue weighted by Gasteiger charge is -2.44. The van der Waals surface area contributed by atoms with Crippen molar-refractivity contribution in [1.29, 1.82) is 5.26 Å². The summed E-state index contributed by atoms with van der Waals surface area (Å²) >= 11 is 0. The average Bonchev–Trinajstić information content (AvgIpc) is 3.46. The molecule has 3 fully saturated rings. The Hall–Kier alpha value is -4.72. The molecule has 0 aliphatic carbocycles. The molecule has 0 bridgehead atoms. The lowest BCUT2D eigenvalue weighted by atomic mass is 9.78. The van der Waals surface area contributed by atoms with Gasteiger partial charge in [0.15, 0.2) is 0 Å². The molecule has 7 rings (SSSR count). The highest BCUT2D eigenvalue weighted by Gasteiger charge is 2.36. The number of nitrogen functional groups attached to an aromatic ring is 1. The van der Waals surface area contributed by atoms with Crippen LogP contribution in [0.15, 0.2) is 78.5 Å². The van der Waals surface area contributed by atoms with E-state index in [1.807, 2.05) is 76.3 Å². The molecule has 236 valence electrons. The Kier molecular flexibility index (Phi) is 8.20. The quantitative estimate of drug-likeness (QED) is 0.211. The molecule has 5 heterocycles. The summed E-state index contributed by atoms with van der Waals surface area (Å²) in [7, 11) is 0. The number of benzene rings is 2. The predicted octanol–water partition coefficient (Wildman–Crippen LogP) is 5.59. The summed E-state index contributed by atoms with van der Waals surface area (Å²) in [6.45, 7) is 6.75. The molecular weight excluding hydrogens is 578 g/mol. The first-order valence-electron chi connectivity index (χ1n) is 16.1. The van der Waals surface area contributed by atoms with Crippen molar-refractivity contribution < 1.29 is 14.3 Å². The van der Waals surface area contributed by atoms with Crippen LogP contribution >= 0.6 is 0 Å². The van der Waals surface area contributed by atoms with Crippen LogP contribution in [0.3, 0.4) is 0 Å². The number of pyridine rings is 1. The molecule has 0 spiro atoms. The van der Waals surface area contributed by atoms with E-state index in [0.29, 0.717) is 24.9 Å². The van der Waals surface area contributed by atoms with Gasteiger partial charge in [0.1, 0.15) is 34.7 Å². The molecule has 10 nitrogen and oxygen atoms in total. The highest BCUT2D eigenvalue weighted by atomic mass is 16.5. The number of allylic oxidation sites excluding steroid dienone is 1. The maximum absolute atomic E-state index is 13.8. The summed E-state index contributed by atoms with van der Waals surface area (Å²) in [6.07, 6.45) is 7.14. The minimum Gasteiger partial charge on any atom is -0.457 e. The van der Waals surface area contributed by atoms with Crippen molar-refractivity contribution in [2.75, 3.05) is 45.1 Å². The average molecular weight is 618 g/mol. The summed E-state index contributed by atoms with van der Waals surface area (Å²) in [6, 6.07) is 22.1. The third kappa shape index (κ3) is 5.96. The van der Waals surface area contributed by atoms with Gasteiger partial charge in [0.2, 0.25) is 0 Å². The van der Waals surface area contributed by atoms with Crippen molar-refractivity contribution in [3.8, 4) is 28.8 Å². The smallest absolute Gasteiger partial charge is 0.264 e. The van der Waals surface area contributed by atoms with Gasteiger partial charge in [-0.3, -0.25) is 14.4 Å². The number of nitriles is 1.